The Bertz CT molecular complexity index is 556. The highest BCUT2D eigenvalue weighted by molar-refractivity contribution is 5.86. The van der Waals surface area contributed by atoms with Gasteiger partial charge in [0.25, 0.3) is 0 Å². The van der Waals surface area contributed by atoms with Crippen molar-refractivity contribution in [2.24, 2.45) is 0 Å². The van der Waals surface area contributed by atoms with Crippen molar-refractivity contribution in [2.45, 2.75) is 13.0 Å². The first-order valence-electron chi connectivity index (χ1n) is 6.27. The van der Waals surface area contributed by atoms with E-state index in [0.717, 1.165) is 31.0 Å². The lowest BCUT2D eigenvalue weighted by Gasteiger charge is -2.23. The Balaban J connectivity index is 2.04. The van der Waals surface area contributed by atoms with Gasteiger partial charge in [-0.15, -0.1) is 0 Å². The molecule has 1 aliphatic heterocycles. The van der Waals surface area contributed by atoms with Gasteiger partial charge in [-0.2, -0.15) is 0 Å². The molecule has 0 saturated carbocycles. The second-order valence-corrected chi connectivity index (χ2v) is 4.66. The van der Waals surface area contributed by atoms with Gasteiger partial charge in [-0.25, -0.2) is 0 Å². The van der Waals surface area contributed by atoms with E-state index in [9.17, 15) is 0 Å². The van der Waals surface area contributed by atoms with Crippen LogP contribution in [0.15, 0.2) is 18.2 Å². The summed E-state index contributed by atoms with van der Waals surface area (Å²) in [6.45, 7) is 4.57. The molecule has 0 aliphatic carbocycles. The zero-order chi connectivity index (χ0) is 12.5. The Morgan fingerprint density at radius 1 is 1.39 bits per heavy atom. The molecule has 1 atom stereocenters. The Hall–Kier alpha value is -1.52. The summed E-state index contributed by atoms with van der Waals surface area (Å²) in [4.78, 5) is 3.49. The van der Waals surface area contributed by atoms with Gasteiger partial charge in [0.2, 0.25) is 0 Å². The van der Waals surface area contributed by atoms with Crippen LogP contribution in [0, 0.1) is 6.92 Å². The Labute approximate surface area is 106 Å². The fraction of sp³-hybridized carbons (Fsp3) is 0.429. The number of hydrogen-bond donors (Lipinski definition) is 2. The van der Waals surface area contributed by atoms with E-state index in [2.05, 4.69) is 29.4 Å². The minimum atomic E-state index is 0.261. The second kappa shape index (κ2) is 4.63. The van der Waals surface area contributed by atoms with Crippen molar-refractivity contribution in [3.8, 4) is 5.75 Å². The SMILES string of the molecule is COc1ccc2[nH]c(C3COCCN3)c(C)c2c1. The van der Waals surface area contributed by atoms with Crippen molar-refractivity contribution in [3.63, 3.8) is 0 Å². The van der Waals surface area contributed by atoms with E-state index in [4.69, 9.17) is 9.47 Å². The van der Waals surface area contributed by atoms with E-state index in [1.165, 1.54) is 16.6 Å². The molecule has 0 spiro atoms. The number of ether oxygens (including phenoxy) is 2. The normalized spacial score (nSPS) is 20.2. The topological polar surface area (TPSA) is 46.3 Å². The lowest BCUT2D eigenvalue weighted by Crippen LogP contribution is -2.35. The highest BCUT2D eigenvalue weighted by Gasteiger charge is 2.20. The number of hydrogen-bond acceptors (Lipinski definition) is 3. The molecule has 2 heterocycles. The standard InChI is InChI=1S/C14H18N2O2/c1-9-11-7-10(17-2)3-4-12(11)16-14(9)13-8-18-6-5-15-13/h3-4,7,13,15-16H,5-6,8H2,1-2H3. The molecule has 3 rings (SSSR count). The van der Waals surface area contributed by atoms with Gasteiger partial charge in [0.05, 0.1) is 26.4 Å². The van der Waals surface area contributed by atoms with Crippen molar-refractivity contribution in [3.05, 3.63) is 29.5 Å². The van der Waals surface area contributed by atoms with E-state index in [1.54, 1.807) is 7.11 Å². The van der Waals surface area contributed by atoms with E-state index in [1.807, 2.05) is 6.07 Å². The van der Waals surface area contributed by atoms with Gasteiger partial charge in [0.1, 0.15) is 5.75 Å². The lowest BCUT2D eigenvalue weighted by atomic mass is 10.1. The van der Waals surface area contributed by atoms with Crippen LogP contribution in [0.25, 0.3) is 10.9 Å². The predicted molar refractivity (Wildman–Crippen MR) is 71.2 cm³/mol. The van der Waals surface area contributed by atoms with Crippen molar-refractivity contribution < 1.29 is 9.47 Å². The molecule has 18 heavy (non-hydrogen) atoms. The maximum Gasteiger partial charge on any atom is 0.119 e. The van der Waals surface area contributed by atoms with Crippen molar-refractivity contribution in [1.82, 2.24) is 10.3 Å². The number of methoxy groups -OCH3 is 1. The summed E-state index contributed by atoms with van der Waals surface area (Å²) >= 11 is 0. The zero-order valence-electron chi connectivity index (χ0n) is 10.7. The molecule has 0 radical (unpaired) electrons. The van der Waals surface area contributed by atoms with Crippen LogP contribution in [0.5, 0.6) is 5.75 Å². The Kier molecular flexibility index (Phi) is 2.97. The maximum atomic E-state index is 5.53. The van der Waals surface area contributed by atoms with Crippen molar-refractivity contribution in [1.29, 1.82) is 0 Å². The number of benzene rings is 1. The molecule has 1 unspecified atom stereocenters. The van der Waals surface area contributed by atoms with Crippen LogP contribution in [0.1, 0.15) is 17.3 Å². The van der Waals surface area contributed by atoms with Crippen LogP contribution in [0.3, 0.4) is 0 Å². The quantitative estimate of drug-likeness (QED) is 0.853. The number of rotatable bonds is 2. The molecule has 2 N–H and O–H groups in total. The summed E-state index contributed by atoms with van der Waals surface area (Å²) in [5.74, 6) is 0.893. The first kappa shape index (κ1) is 11.6. The fourth-order valence-electron chi connectivity index (χ4n) is 2.55. The molecule has 4 heteroatoms. The maximum absolute atomic E-state index is 5.53. The van der Waals surface area contributed by atoms with Crippen LogP contribution < -0.4 is 10.1 Å². The predicted octanol–water partition coefficient (Wildman–Crippen LogP) is 2.15. The molecule has 1 aliphatic rings. The Morgan fingerprint density at radius 2 is 2.28 bits per heavy atom. The number of H-pyrrole nitrogens is 1. The number of fused-ring (bicyclic) bond motifs is 1. The van der Waals surface area contributed by atoms with Crippen molar-refractivity contribution >= 4 is 10.9 Å². The molecule has 0 amide bonds. The number of morpholine rings is 1. The number of aryl methyl sites for hydroxylation is 1. The van der Waals surface area contributed by atoms with Crippen LogP contribution in [0.4, 0.5) is 0 Å². The fourth-order valence-corrected chi connectivity index (χ4v) is 2.55. The first-order chi connectivity index (χ1) is 8.79. The van der Waals surface area contributed by atoms with E-state index in [0.29, 0.717) is 0 Å². The minimum Gasteiger partial charge on any atom is -0.497 e. The van der Waals surface area contributed by atoms with Crippen LogP contribution in [-0.4, -0.2) is 31.9 Å². The van der Waals surface area contributed by atoms with E-state index < -0.39 is 0 Å². The van der Waals surface area contributed by atoms with Crippen LogP contribution in [0.2, 0.25) is 0 Å². The van der Waals surface area contributed by atoms with E-state index in [-0.39, 0.29) is 6.04 Å². The monoisotopic (exact) mass is 246 g/mol. The molecule has 1 saturated heterocycles. The van der Waals surface area contributed by atoms with E-state index >= 15 is 0 Å². The van der Waals surface area contributed by atoms with Crippen LogP contribution >= 0.6 is 0 Å². The molecule has 1 aromatic heterocycles. The molecule has 0 bridgehead atoms. The van der Waals surface area contributed by atoms with Gasteiger partial charge >= 0.3 is 0 Å². The molecular weight excluding hydrogens is 228 g/mol. The summed E-state index contributed by atoms with van der Waals surface area (Å²) in [5, 5.41) is 4.70. The zero-order valence-corrected chi connectivity index (χ0v) is 10.7. The molecule has 4 nitrogen and oxygen atoms in total. The first-order valence-corrected chi connectivity index (χ1v) is 6.27. The third kappa shape index (κ3) is 1.87. The van der Waals surface area contributed by atoms with Gasteiger partial charge in [-0.05, 0) is 30.7 Å². The van der Waals surface area contributed by atoms with Gasteiger partial charge < -0.3 is 19.8 Å². The van der Waals surface area contributed by atoms with Gasteiger partial charge in [0, 0.05) is 23.1 Å². The molecule has 1 fully saturated rings. The third-order valence-electron chi connectivity index (χ3n) is 3.57. The summed E-state index contributed by atoms with van der Waals surface area (Å²) < 4.78 is 10.8. The number of aromatic amines is 1. The van der Waals surface area contributed by atoms with Crippen LogP contribution in [-0.2, 0) is 4.74 Å². The average molecular weight is 246 g/mol. The van der Waals surface area contributed by atoms with Gasteiger partial charge in [0.15, 0.2) is 0 Å². The summed E-state index contributed by atoms with van der Waals surface area (Å²) in [5.41, 5.74) is 3.64. The summed E-state index contributed by atoms with van der Waals surface area (Å²) in [6.07, 6.45) is 0. The van der Waals surface area contributed by atoms with Gasteiger partial charge in [-0.3, -0.25) is 0 Å². The third-order valence-corrected chi connectivity index (χ3v) is 3.57. The summed E-state index contributed by atoms with van der Waals surface area (Å²) in [6, 6.07) is 6.38. The summed E-state index contributed by atoms with van der Waals surface area (Å²) in [7, 11) is 1.70. The molecule has 2 aromatic rings. The largest absolute Gasteiger partial charge is 0.497 e. The number of nitrogens with one attached hydrogen (secondary N) is 2. The number of aromatic nitrogens is 1. The smallest absolute Gasteiger partial charge is 0.119 e. The van der Waals surface area contributed by atoms with Crippen molar-refractivity contribution in [2.75, 3.05) is 26.9 Å². The minimum absolute atomic E-state index is 0.261. The molecular formula is C14H18N2O2. The van der Waals surface area contributed by atoms with Gasteiger partial charge in [-0.1, -0.05) is 0 Å². The Morgan fingerprint density at radius 3 is 3.00 bits per heavy atom. The highest BCUT2D eigenvalue weighted by atomic mass is 16.5. The average Bonchev–Trinajstić information content (AvgIpc) is 2.77. The second-order valence-electron chi connectivity index (χ2n) is 4.66. The highest BCUT2D eigenvalue weighted by Crippen LogP contribution is 2.29. The molecule has 96 valence electrons. The molecule has 1 aromatic carbocycles. The lowest BCUT2D eigenvalue weighted by molar-refractivity contribution is 0.0756.